The van der Waals surface area contributed by atoms with E-state index in [-0.39, 0.29) is 12.4 Å². The minimum atomic E-state index is -0.206. The van der Waals surface area contributed by atoms with Crippen molar-refractivity contribution in [3.63, 3.8) is 0 Å². The Hall–Kier alpha value is -1.41. The van der Waals surface area contributed by atoms with Gasteiger partial charge >= 0.3 is 0 Å². The van der Waals surface area contributed by atoms with Crippen LogP contribution in [0.5, 0.6) is 0 Å². The van der Waals surface area contributed by atoms with E-state index in [9.17, 15) is 4.39 Å². The smallest absolute Gasteiger partial charge is 0.131 e. The lowest BCUT2D eigenvalue weighted by Gasteiger charge is -2.05. The van der Waals surface area contributed by atoms with Crippen molar-refractivity contribution in [3.05, 3.63) is 47.8 Å². The van der Waals surface area contributed by atoms with Gasteiger partial charge in [0.1, 0.15) is 5.82 Å². The summed E-state index contributed by atoms with van der Waals surface area (Å²) in [5.41, 5.74) is 0.990. The monoisotopic (exact) mass is 190 g/mol. The maximum absolute atomic E-state index is 13.3. The average molecular weight is 190 g/mol. The van der Waals surface area contributed by atoms with Crippen LogP contribution in [0.25, 0.3) is 10.8 Å². The van der Waals surface area contributed by atoms with E-state index in [4.69, 9.17) is 5.11 Å². The Morgan fingerprint density at radius 1 is 1.00 bits per heavy atom. The fourth-order valence-electron chi connectivity index (χ4n) is 1.68. The maximum Gasteiger partial charge on any atom is 0.131 e. The first kappa shape index (κ1) is 9.16. The van der Waals surface area contributed by atoms with Crippen molar-refractivity contribution >= 4 is 10.8 Å². The molecule has 1 nitrogen and oxygen atoms in total. The standard InChI is InChI=1S/C12H11FO/c13-12-6-2-4-10-9(7-8-14)3-1-5-11(10)12/h1-6,14H,7-8H2. The maximum atomic E-state index is 13.3. The Bertz CT molecular complexity index is 451. The fourth-order valence-corrected chi connectivity index (χ4v) is 1.68. The molecule has 0 fully saturated rings. The molecule has 0 heterocycles. The van der Waals surface area contributed by atoms with Crippen LogP contribution in [0.3, 0.4) is 0 Å². The molecule has 1 N–H and O–H groups in total. The van der Waals surface area contributed by atoms with Crippen LogP contribution in [0.1, 0.15) is 5.56 Å². The fraction of sp³-hybridized carbons (Fsp3) is 0.167. The van der Waals surface area contributed by atoms with Gasteiger partial charge in [-0.25, -0.2) is 4.39 Å². The second-order valence-corrected chi connectivity index (χ2v) is 3.23. The molecule has 0 saturated carbocycles. The Morgan fingerprint density at radius 2 is 1.71 bits per heavy atom. The zero-order valence-electron chi connectivity index (χ0n) is 7.70. The third-order valence-electron chi connectivity index (χ3n) is 2.34. The largest absolute Gasteiger partial charge is 0.396 e. The van der Waals surface area contributed by atoms with Crippen molar-refractivity contribution in [1.29, 1.82) is 0 Å². The summed E-state index contributed by atoms with van der Waals surface area (Å²) in [7, 11) is 0. The van der Waals surface area contributed by atoms with Gasteiger partial charge in [-0.3, -0.25) is 0 Å². The molecule has 0 saturated heterocycles. The van der Waals surface area contributed by atoms with Gasteiger partial charge in [-0.2, -0.15) is 0 Å². The minimum absolute atomic E-state index is 0.0929. The van der Waals surface area contributed by atoms with Crippen molar-refractivity contribution in [3.8, 4) is 0 Å². The van der Waals surface area contributed by atoms with Crippen LogP contribution in [-0.2, 0) is 6.42 Å². The number of rotatable bonds is 2. The Labute approximate surface area is 81.8 Å². The lowest BCUT2D eigenvalue weighted by Crippen LogP contribution is -1.92. The zero-order chi connectivity index (χ0) is 9.97. The molecular formula is C12H11FO. The highest BCUT2D eigenvalue weighted by molar-refractivity contribution is 5.86. The summed E-state index contributed by atoms with van der Waals surface area (Å²) in [5, 5.41) is 10.4. The normalized spacial score (nSPS) is 10.7. The SMILES string of the molecule is OCCc1cccc2c(F)cccc12. The predicted octanol–water partition coefficient (Wildman–Crippen LogP) is 2.51. The lowest BCUT2D eigenvalue weighted by atomic mass is 10.0. The topological polar surface area (TPSA) is 20.2 Å². The first-order chi connectivity index (χ1) is 6.83. The molecule has 0 bridgehead atoms. The molecule has 0 aliphatic heterocycles. The van der Waals surface area contributed by atoms with Crippen molar-refractivity contribution in [2.24, 2.45) is 0 Å². The predicted molar refractivity (Wildman–Crippen MR) is 54.7 cm³/mol. The van der Waals surface area contributed by atoms with E-state index in [1.165, 1.54) is 6.07 Å². The quantitative estimate of drug-likeness (QED) is 0.771. The van der Waals surface area contributed by atoms with Crippen molar-refractivity contribution in [2.75, 3.05) is 6.61 Å². The van der Waals surface area contributed by atoms with Gasteiger partial charge < -0.3 is 5.11 Å². The molecule has 2 heteroatoms. The molecule has 2 rings (SSSR count). The highest BCUT2D eigenvalue weighted by atomic mass is 19.1. The summed E-state index contributed by atoms with van der Waals surface area (Å²) < 4.78 is 13.3. The lowest BCUT2D eigenvalue weighted by molar-refractivity contribution is 0.300. The van der Waals surface area contributed by atoms with E-state index in [1.54, 1.807) is 12.1 Å². The first-order valence-corrected chi connectivity index (χ1v) is 4.60. The summed E-state index contributed by atoms with van der Waals surface area (Å²) in [6, 6.07) is 10.5. The van der Waals surface area contributed by atoms with Crippen LogP contribution in [0.2, 0.25) is 0 Å². The number of halogens is 1. The molecule has 0 unspecified atom stereocenters. The van der Waals surface area contributed by atoms with E-state index in [2.05, 4.69) is 0 Å². The summed E-state index contributed by atoms with van der Waals surface area (Å²) in [4.78, 5) is 0. The molecule has 0 radical (unpaired) electrons. The molecule has 0 amide bonds. The average Bonchev–Trinajstić information content (AvgIpc) is 2.20. The van der Waals surface area contributed by atoms with Gasteiger partial charge in [0.15, 0.2) is 0 Å². The Balaban J connectivity index is 2.68. The molecule has 0 aromatic heterocycles. The van der Waals surface area contributed by atoms with Crippen LogP contribution < -0.4 is 0 Å². The highest BCUT2D eigenvalue weighted by Gasteiger charge is 2.03. The molecule has 0 aliphatic rings. The van der Waals surface area contributed by atoms with Gasteiger partial charge in [-0.1, -0.05) is 30.3 Å². The van der Waals surface area contributed by atoms with Gasteiger partial charge in [0.25, 0.3) is 0 Å². The van der Waals surface area contributed by atoms with Crippen LogP contribution in [0, 0.1) is 5.82 Å². The number of aliphatic hydroxyl groups is 1. The number of hydrogen-bond acceptors (Lipinski definition) is 1. The van der Waals surface area contributed by atoms with E-state index in [0.717, 1.165) is 10.9 Å². The molecule has 0 atom stereocenters. The Kier molecular flexibility index (Phi) is 2.46. The van der Waals surface area contributed by atoms with Crippen LogP contribution in [-0.4, -0.2) is 11.7 Å². The Morgan fingerprint density at radius 3 is 2.50 bits per heavy atom. The van der Waals surface area contributed by atoms with Crippen molar-refractivity contribution < 1.29 is 9.50 Å². The zero-order valence-corrected chi connectivity index (χ0v) is 7.70. The van der Waals surface area contributed by atoms with Crippen LogP contribution in [0.4, 0.5) is 4.39 Å². The molecule has 2 aromatic rings. The summed E-state index contributed by atoms with van der Waals surface area (Å²) >= 11 is 0. The van der Waals surface area contributed by atoms with E-state index in [0.29, 0.717) is 11.8 Å². The van der Waals surface area contributed by atoms with Gasteiger partial charge in [0.2, 0.25) is 0 Å². The number of hydrogen-bond donors (Lipinski definition) is 1. The molecule has 0 aliphatic carbocycles. The third kappa shape index (κ3) is 1.49. The van der Waals surface area contributed by atoms with Gasteiger partial charge in [0.05, 0.1) is 0 Å². The van der Waals surface area contributed by atoms with Gasteiger partial charge in [-0.05, 0) is 23.4 Å². The van der Waals surface area contributed by atoms with Gasteiger partial charge in [0, 0.05) is 12.0 Å². The minimum Gasteiger partial charge on any atom is -0.396 e. The number of aliphatic hydroxyl groups excluding tert-OH is 1. The van der Waals surface area contributed by atoms with E-state index >= 15 is 0 Å². The first-order valence-electron chi connectivity index (χ1n) is 4.60. The van der Waals surface area contributed by atoms with E-state index in [1.807, 2.05) is 18.2 Å². The number of benzene rings is 2. The number of fused-ring (bicyclic) bond motifs is 1. The molecule has 72 valence electrons. The molecule has 0 spiro atoms. The molecule has 14 heavy (non-hydrogen) atoms. The third-order valence-corrected chi connectivity index (χ3v) is 2.34. The van der Waals surface area contributed by atoms with Crippen molar-refractivity contribution in [2.45, 2.75) is 6.42 Å². The highest BCUT2D eigenvalue weighted by Crippen LogP contribution is 2.21. The van der Waals surface area contributed by atoms with E-state index < -0.39 is 0 Å². The summed E-state index contributed by atoms with van der Waals surface area (Å²) in [6.07, 6.45) is 0.570. The van der Waals surface area contributed by atoms with Crippen molar-refractivity contribution in [1.82, 2.24) is 0 Å². The molecule has 2 aromatic carbocycles. The summed E-state index contributed by atoms with van der Waals surface area (Å²) in [5.74, 6) is -0.206. The second kappa shape index (κ2) is 3.76. The van der Waals surface area contributed by atoms with Gasteiger partial charge in [-0.15, -0.1) is 0 Å². The van der Waals surface area contributed by atoms with Crippen LogP contribution >= 0.6 is 0 Å². The molecular weight excluding hydrogens is 179 g/mol. The summed E-state index contributed by atoms with van der Waals surface area (Å²) in [6.45, 7) is 0.0929. The second-order valence-electron chi connectivity index (χ2n) is 3.23. The van der Waals surface area contributed by atoms with Crippen LogP contribution in [0.15, 0.2) is 36.4 Å².